The molecule has 2 N–H and O–H groups in total. The first-order valence-corrected chi connectivity index (χ1v) is 3.14. The van der Waals surface area contributed by atoms with Crippen LogP contribution in [0.5, 0.6) is 0 Å². The standard InChI is InChI=1S/C7H10O3/c1-2-7(8,9)6-3-4-10-5-6/h3-5,8-9H,2H2,1H3. The van der Waals surface area contributed by atoms with E-state index in [0.29, 0.717) is 5.56 Å². The van der Waals surface area contributed by atoms with Crippen LogP contribution in [-0.4, -0.2) is 10.2 Å². The maximum Gasteiger partial charge on any atom is 0.192 e. The number of rotatable bonds is 2. The van der Waals surface area contributed by atoms with Crippen LogP contribution in [0.1, 0.15) is 18.9 Å². The van der Waals surface area contributed by atoms with Gasteiger partial charge < -0.3 is 14.6 Å². The minimum absolute atomic E-state index is 0.256. The predicted octanol–water partition coefficient (Wildman–Crippen LogP) is 0.827. The molecule has 0 unspecified atom stereocenters. The molecule has 3 nitrogen and oxygen atoms in total. The Labute approximate surface area is 58.9 Å². The van der Waals surface area contributed by atoms with Crippen molar-refractivity contribution in [2.45, 2.75) is 19.1 Å². The van der Waals surface area contributed by atoms with Crippen LogP contribution in [0.3, 0.4) is 0 Å². The molecule has 0 spiro atoms. The van der Waals surface area contributed by atoms with Gasteiger partial charge in [0.1, 0.15) is 0 Å². The number of furan rings is 1. The third-order valence-corrected chi connectivity index (χ3v) is 1.48. The molecule has 0 saturated heterocycles. The van der Waals surface area contributed by atoms with E-state index in [0.717, 1.165) is 0 Å². The number of hydrogen-bond donors (Lipinski definition) is 2. The molecule has 0 atom stereocenters. The van der Waals surface area contributed by atoms with Crippen LogP contribution < -0.4 is 0 Å². The molecule has 1 aromatic heterocycles. The summed E-state index contributed by atoms with van der Waals surface area (Å²) in [5.74, 6) is -1.73. The van der Waals surface area contributed by atoms with E-state index in [1.54, 1.807) is 6.92 Å². The van der Waals surface area contributed by atoms with E-state index in [-0.39, 0.29) is 6.42 Å². The molecule has 10 heavy (non-hydrogen) atoms. The lowest BCUT2D eigenvalue weighted by Gasteiger charge is -2.16. The van der Waals surface area contributed by atoms with Crippen LogP contribution in [0.25, 0.3) is 0 Å². The predicted molar refractivity (Wildman–Crippen MR) is 35.1 cm³/mol. The summed E-state index contributed by atoms with van der Waals surface area (Å²) >= 11 is 0. The van der Waals surface area contributed by atoms with Gasteiger partial charge >= 0.3 is 0 Å². The highest BCUT2D eigenvalue weighted by atomic mass is 16.5. The van der Waals surface area contributed by atoms with Gasteiger partial charge in [-0.05, 0) is 6.07 Å². The minimum Gasteiger partial charge on any atom is -0.472 e. The van der Waals surface area contributed by atoms with Crippen LogP contribution >= 0.6 is 0 Å². The molecule has 0 aromatic carbocycles. The molecule has 56 valence electrons. The Morgan fingerprint density at radius 2 is 2.30 bits per heavy atom. The van der Waals surface area contributed by atoms with Crippen molar-refractivity contribution in [2.24, 2.45) is 0 Å². The van der Waals surface area contributed by atoms with Gasteiger partial charge in [-0.1, -0.05) is 6.92 Å². The fourth-order valence-corrected chi connectivity index (χ4v) is 0.696. The van der Waals surface area contributed by atoms with Crippen LogP contribution in [-0.2, 0) is 5.79 Å². The van der Waals surface area contributed by atoms with Crippen molar-refractivity contribution in [2.75, 3.05) is 0 Å². The lowest BCUT2D eigenvalue weighted by Crippen LogP contribution is -2.22. The van der Waals surface area contributed by atoms with Crippen molar-refractivity contribution in [1.82, 2.24) is 0 Å². The smallest absolute Gasteiger partial charge is 0.192 e. The molecule has 0 amide bonds. The van der Waals surface area contributed by atoms with Gasteiger partial charge in [0.2, 0.25) is 0 Å². The van der Waals surface area contributed by atoms with Crippen molar-refractivity contribution in [3.8, 4) is 0 Å². The Morgan fingerprint density at radius 3 is 2.70 bits per heavy atom. The molecular formula is C7H10O3. The fourth-order valence-electron chi connectivity index (χ4n) is 0.696. The van der Waals surface area contributed by atoms with Crippen LogP contribution in [0.2, 0.25) is 0 Å². The first kappa shape index (κ1) is 7.31. The third-order valence-electron chi connectivity index (χ3n) is 1.48. The molecule has 0 aliphatic carbocycles. The zero-order valence-electron chi connectivity index (χ0n) is 5.74. The van der Waals surface area contributed by atoms with Crippen molar-refractivity contribution in [3.63, 3.8) is 0 Å². The molecule has 0 aliphatic rings. The first-order chi connectivity index (χ1) is 4.67. The fraction of sp³-hybridized carbons (Fsp3) is 0.429. The van der Waals surface area contributed by atoms with E-state index < -0.39 is 5.79 Å². The lowest BCUT2D eigenvalue weighted by atomic mass is 10.1. The summed E-state index contributed by atoms with van der Waals surface area (Å²) in [5, 5.41) is 18.4. The van der Waals surface area contributed by atoms with E-state index in [4.69, 9.17) is 0 Å². The molecule has 3 heteroatoms. The van der Waals surface area contributed by atoms with Crippen molar-refractivity contribution in [3.05, 3.63) is 24.2 Å². The summed E-state index contributed by atoms with van der Waals surface area (Å²) in [5.41, 5.74) is 0.398. The highest BCUT2D eigenvalue weighted by Crippen LogP contribution is 2.20. The summed E-state index contributed by atoms with van der Waals surface area (Å²) < 4.78 is 4.68. The second-order valence-corrected chi connectivity index (χ2v) is 2.18. The van der Waals surface area contributed by atoms with Crippen LogP contribution in [0.15, 0.2) is 23.0 Å². The van der Waals surface area contributed by atoms with E-state index >= 15 is 0 Å². The van der Waals surface area contributed by atoms with E-state index in [9.17, 15) is 10.2 Å². The molecular weight excluding hydrogens is 132 g/mol. The van der Waals surface area contributed by atoms with Gasteiger partial charge in [-0.25, -0.2) is 0 Å². The maximum absolute atomic E-state index is 9.18. The SMILES string of the molecule is CCC(O)(O)c1ccoc1. The second kappa shape index (κ2) is 2.44. The van der Waals surface area contributed by atoms with Gasteiger partial charge in [0.25, 0.3) is 0 Å². The highest BCUT2D eigenvalue weighted by molar-refractivity contribution is 5.11. The lowest BCUT2D eigenvalue weighted by molar-refractivity contribution is -0.171. The Kier molecular flexibility index (Phi) is 1.78. The third kappa shape index (κ3) is 1.20. The van der Waals surface area contributed by atoms with Gasteiger partial charge in [-0.2, -0.15) is 0 Å². The molecule has 0 radical (unpaired) electrons. The summed E-state index contributed by atoms with van der Waals surface area (Å²) in [4.78, 5) is 0. The molecule has 0 bridgehead atoms. The molecule has 0 aliphatic heterocycles. The van der Waals surface area contributed by atoms with E-state index in [1.807, 2.05) is 0 Å². The molecule has 1 aromatic rings. The quantitative estimate of drug-likeness (QED) is 0.601. The largest absolute Gasteiger partial charge is 0.472 e. The summed E-state index contributed by atoms with van der Waals surface area (Å²) in [6.45, 7) is 1.69. The first-order valence-electron chi connectivity index (χ1n) is 3.14. The Balaban J connectivity index is 2.85. The zero-order chi connectivity index (χ0) is 7.61. The zero-order valence-corrected chi connectivity index (χ0v) is 5.74. The Bertz CT molecular complexity index is 189. The Morgan fingerprint density at radius 1 is 1.60 bits per heavy atom. The van der Waals surface area contributed by atoms with Gasteiger partial charge in [0.15, 0.2) is 5.79 Å². The molecule has 0 fully saturated rings. The number of aliphatic hydroxyl groups is 2. The van der Waals surface area contributed by atoms with Gasteiger partial charge in [-0.3, -0.25) is 0 Å². The summed E-state index contributed by atoms with van der Waals surface area (Å²) in [6, 6.07) is 1.53. The van der Waals surface area contributed by atoms with Crippen molar-refractivity contribution >= 4 is 0 Å². The van der Waals surface area contributed by atoms with Gasteiger partial charge in [0, 0.05) is 12.0 Å². The molecule has 0 saturated carbocycles. The van der Waals surface area contributed by atoms with E-state index in [1.165, 1.54) is 18.6 Å². The van der Waals surface area contributed by atoms with Crippen molar-refractivity contribution in [1.29, 1.82) is 0 Å². The van der Waals surface area contributed by atoms with Gasteiger partial charge in [-0.15, -0.1) is 0 Å². The average Bonchev–Trinajstić information content (AvgIpc) is 2.38. The molecule has 1 rings (SSSR count). The second-order valence-electron chi connectivity index (χ2n) is 2.18. The van der Waals surface area contributed by atoms with Crippen LogP contribution in [0, 0.1) is 0 Å². The van der Waals surface area contributed by atoms with Crippen molar-refractivity contribution < 1.29 is 14.6 Å². The Hall–Kier alpha value is -0.800. The maximum atomic E-state index is 9.18. The minimum atomic E-state index is -1.73. The van der Waals surface area contributed by atoms with E-state index in [2.05, 4.69) is 4.42 Å². The highest BCUT2D eigenvalue weighted by Gasteiger charge is 2.23. The molecule has 1 heterocycles. The summed E-state index contributed by atoms with van der Waals surface area (Å²) in [7, 11) is 0. The van der Waals surface area contributed by atoms with Crippen LogP contribution in [0.4, 0.5) is 0 Å². The number of hydrogen-bond acceptors (Lipinski definition) is 3. The average molecular weight is 142 g/mol. The topological polar surface area (TPSA) is 53.6 Å². The summed E-state index contributed by atoms with van der Waals surface area (Å²) in [6.07, 6.45) is 2.99. The monoisotopic (exact) mass is 142 g/mol. The van der Waals surface area contributed by atoms with Gasteiger partial charge in [0.05, 0.1) is 12.5 Å². The normalized spacial score (nSPS) is 11.9.